The van der Waals surface area contributed by atoms with E-state index in [2.05, 4.69) is 4.90 Å². The first-order valence-electron chi connectivity index (χ1n) is 9.44. The molecule has 5 rings (SSSR count). The Bertz CT molecular complexity index is 819. The molecular formula is C20H23NO6. The number of carbonyl (C=O) groups excluding carboxylic acids is 1. The fourth-order valence-electron chi connectivity index (χ4n) is 4.91. The number of carbonyl (C=O) groups is 1. The third kappa shape index (κ3) is 2.72. The van der Waals surface area contributed by atoms with Gasteiger partial charge in [-0.15, -0.1) is 0 Å². The van der Waals surface area contributed by atoms with Gasteiger partial charge in [-0.2, -0.15) is 0 Å². The standard InChI is InChI=1S/C20H23NO6/c1-10(22)4-17(24)27-20-14(23)5-11-2-3-21-8-12-6-15-16(26-9-25-15)7-13(12)18(20)19(11)21/h5-7,10,14,18-20,22-23H,2-4,8-9H2,1H3/t10-,14-,18-,19+,20+/m0/s1. The van der Waals surface area contributed by atoms with Crippen LogP contribution < -0.4 is 9.47 Å². The monoisotopic (exact) mass is 373 g/mol. The lowest BCUT2D eigenvalue weighted by atomic mass is 9.73. The second-order valence-corrected chi connectivity index (χ2v) is 7.84. The maximum absolute atomic E-state index is 12.2. The molecule has 5 atom stereocenters. The molecule has 27 heavy (non-hydrogen) atoms. The third-order valence-electron chi connectivity index (χ3n) is 5.97. The Labute approximate surface area is 157 Å². The zero-order valence-corrected chi connectivity index (χ0v) is 15.1. The van der Waals surface area contributed by atoms with Crippen LogP contribution in [0, 0.1) is 0 Å². The Morgan fingerprint density at radius 2 is 2.15 bits per heavy atom. The maximum atomic E-state index is 12.2. The van der Waals surface area contributed by atoms with Gasteiger partial charge in [0.25, 0.3) is 0 Å². The molecule has 2 N–H and O–H groups in total. The van der Waals surface area contributed by atoms with Crippen molar-refractivity contribution in [3.05, 3.63) is 34.9 Å². The lowest BCUT2D eigenvalue weighted by Gasteiger charge is -2.45. The van der Waals surface area contributed by atoms with Crippen molar-refractivity contribution in [3.8, 4) is 11.5 Å². The van der Waals surface area contributed by atoms with Crippen molar-refractivity contribution in [2.24, 2.45) is 0 Å². The van der Waals surface area contributed by atoms with E-state index in [0.717, 1.165) is 36.4 Å². The molecule has 0 unspecified atom stereocenters. The Hall–Kier alpha value is -2.09. The number of nitrogens with zero attached hydrogens (tertiary/aromatic N) is 1. The van der Waals surface area contributed by atoms with Gasteiger partial charge in [-0.3, -0.25) is 9.69 Å². The van der Waals surface area contributed by atoms with Gasteiger partial charge >= 0.3 is 5.97 Å². The van der Waals surface area contributed by atoms with Crippen LogP contribution in [-0.4, -0.2) is 58.8 Å². The summed E-state index contributed by atoms with van der Waals surface area (Å²) in [4.78, 5) is 14.6. The summed E-state index contributed by atoms with van der Waals surface area (Å²) in [7, 11) is 0. The van der Waals surface area contributed by atoms with Crippen molar-refractivity contribution >= 4 is 5.97 Å². The van der Waals surface area contributed by atoms with Gasteiger partial charge < -0.3 is 24.4 Å². The quantitative estimate of drug-likeness (QED) is 0.605. The predicted octanol–water partition coefficient (Wildman–Crippen LogP) is 1.07. The lowest BCUT2D eigenvalue weighted by molar-refractivity contribution is -0.159. The third-order valence-corrected chi connectivity index (χ3v) is 5.97. The lowest BCUT2D eigenvalue weighted by Crippen LogP contribution is -2.51. The molecule has 0 spiro atoms. The van der Waals surface area contributed by atoms with Crippen molar-refractivity contribution in [1.29, 1.82) is 0 Å². The zero-order chi connectivity index (χ0) is 18.7. The summed E-state index contributed by atoms with van der Waals surface area (Å²) in [5.41, 5.74) is 3.37. The smallest absolute Gasteiger partial charge is 0.308 e. The van der Waals surface area contributed by atoms with Crippen LogP contribution in [0.3, 0.4) is 0 Å². The van der Waals surface area contributed by atoms with Gasteiger partial charge in [-0.1, -0.05) is 11.6 Å². The Balaban J connectivity index is 1.56. The molecule has 0 radical (unpaired) electrons. The van der Waals surface area contributed by atoms with E-state index < -0.39 is 24.3 Å². The van der Waals surface area contributed by atoms with E-state index in [1.54, 1.807) is 6.92 Å². The van der Waals surface area contributed by atoms with E-state index in [1.807, 2.05) is 18.2 Å². The summed E-state index contributed by atoms with van der Waals surface area (Å²) in [5, 5.41) is 20.2. The fourth-order valence-corrected chi connectivity index (χ4v) is 4.91. The molecule has 7 heteroatoms. The van der Waals surface area contributed by atoms with Gasteiger partial charge in [0.1, 0.15) is 12.2 Å². The normalized spacial score (nSPS) is 31.7. The summed E-state index contributed by atoms with van der Waals surface area (Å²) in [6.45, 7) is 3.47. The molecule has 1 aliphatic carbocycles. The highest BCUT2D eigenvalue weighted by Crippen LogP contribution is 2.50. The molecule has 0 bridgehead atoms. The molecule has 1 fully saturated rings. The summed E-state index contributed by atoms with van der Waals surface area (Å²) in [6, 6.07) is 4.10. The number of rotatable bonds is 3. The molecule has 4 aliphatic rings. The molecule has 7 nitrogen and oxygen atoms in total. The van der Waals surface area contributed by atoms with Gasteiger partial charge in [0.15, 0.2) is 11.5 Å². The van der Waals surface area contributed by atoms with Gasteiger partial charge in [0.05, 0.1) is 12.5 Å². The van der Waals surface area contributed by atoms with Gasteiger partial charge in [-0.25, -0.2) is 0 Å². The first kappa shape index (κ1) is 17.0. The molecule has 0 aromatic heterocycles. The largest absolute Gasteiger partial charge is 0.458 e. The van der Waals surface area contributed by atoms with E-state index in [-0.39, 0.29) is 25.2 Å². The van der Waals surface area contributed by atoms with Crippen LogP contribution in [0.1, 0.15) is 36.8 Å². The molecule has 144 valence electrons. The molecule has 0 saturated carbocycles. The molecule has 1 aromatic carbocycles. The minimum Gasteiger partial charge on any atom is -0.458 e. The van der Waals surface area contributed by atoms with Crippen LogP contribution in [0.2, 0.25) is 0 Å². The maximum Gasteiger partial charge on any atom is 0.308 e. The van der Waals surface area contributed by atoms with Gasteiger partial charge in [0.2, 0.25) is 6.79 Å². The fraction of sp³-hybridized carbons (Fsp3) is 0.550. The van der Waals surface area contributed by atoms with E-state index >= 15 is 0 Å². The average molecular weight is 373 g/mol. The highest BCUT2D eigenvalue weighted by atomic mass is 16.7. The predicted molar refractivity (Wildman–Crippen MR) is 94.4 cm³/mol. The molecule has 3 aliphatic heterocycles. The molecular weight excluding hydrogens is 350 g/mol. The summed E-state index contributed by atoms with van der Waals surface area (Å²) in [5.74, 6) is 0.767. The number of benzene rings is 1. The average Bonchev–Trinajstić information content (AvgIpc) is 3.22. The van der Waals surface area contributed by atoms with Crippen molar-refractivity contribution in [1.82, 2.24) is 4.90 Å². The number of aliphatic hydroxyl groups excluding tert-OH is 2. The van der Waals surface area contributed by atoms with Crippen molar-refractivity contribution in [2.45, 2.75) is 56.6 Å². The second kappa shape index (κ2) is 6.22. The first-order valence-corrected chi connectivity index (χ1v) is 9.44. The van der Waals surface area contributed by atoms with Gasteiger partial charge in [0, 0.05) is 25.0 Å². The highest BCUT2D eigenvalue weighted by molar-refractivity contribution is 5.70. The van der Waals surface area contributed by atoms with Crippen LogP contribution in [0.4, 0.5) is 0 Å². The Morgan fingerprint density at radius 1 is 1.37 bits per heavy atom. The minimum atomic E-state index is -0.865. The minimum absolute atomic E-state index is 0.0884. The summed E-state index contributed by atoms with van der Waals surface area (Å²) < 4.78 is 16.8. The van der Waals surface area contributed by atoms with E-state index in [9.17, 15) is 15.0 Å². The van der Waals surface area contributed by atoms with Gasteiger partial charge in [-0.05, 0) is 36.6 Å². The number of fused-ring (bicyclic) bond motifs is 3. The van der Waals surface area contributed by atoms with E-state index in [4.69, 9.17) is 14.2 Å². The SMILES string of the molecule is C[C@H](O)CC(=O)O[C@H]1[C@H]2c3cc4c(cc3CN3CCC(=C[C@@H]1O)[C@H]23)OCO4. The number of esters is 1. The van der Waals surface area contributed by atoms with Crippen LogP contribution >= 0.6 is 0 Å². The van der Waals surface area contributed by atoms with Crippen LogP contribution in [0.25, 0.3) is 0 Å². The molecule has 1 aromatic rings. The molecule has 1 saturated heterocycles. The van der Waals surface area contributed by atoms with Crippen molar-refractivity contribution < 1.29 is 29.2 Å². The van der Waals surface area contributed by atoms with E-state index in [1.165, 1.54) is 5.57 Å². The topological polar surface area (TPSA) is 88.5 Å². The zero-order valence-electron chi connectivity index (χ0n) is 15.1. The molecule has 0 amide bonds. The number of hydrogen-bond acceptors (Lipinski definition) is 7. The van der Waals surface area contributed by atoms with Crippen LogP contribution in [0.5, 0.6) is 11.5 Å². The van der Waals surface area contributed by atoms with Crippen molar-refractivity contribution in [3.63, 3.8) is 0 Å². The number of ether oxygens (including phenoxy) is 3. The number of aliphatic hydroxyl groups is 2. The number of hydrogen-bond donors (Lipinski definition) is 2. The Kier molecular flexibility index (Phi) is 3.93. The first-order chi connectivity index (χ1) is 13.0. The highest BCUT2D eigenvalue weighted by Gasteiger charge is 2.50. The van der Waals surface area contributed by atoms with Crippen molar-refractivity contribution in [2.75, 3.05) is 13.3 Å². The molecule has 3 heterocycles. The van der Waals surface area contributed by atoms with Crippen LogP contribution in [0.15, 0.2) is 23.8 Å². The van der Waals surface area contributed by atoms with Crippen LogP contribution in [-0.2, 0) is 16.1 Å². The van der Waals surface area contributed by atoms with E-state index in [0.29, 0.717) is 5.75 Å². The summed E-state index contributed by atoms with van der Waals surface area (Å²) in [6.07, 6.45) is 0.335. The summed E-state index contributed by atoms with van der Waals surface area (Å²) >= 11 is 0. The second-order valence-electron chi connectivity index (χ2n) is 7.84. The Morgan fingerprint density at radius 3 is 2.93 bits per heavy atom.